The van der Waals surface area contributed by atoms with Gasteiger partial charge in [-0.1, -0.05) is 18.2 Å². The van der Waals surface area contributed by atoms with E-state index in [0.29, 0.717) is 0 Å². The summed E-state index contributed by atoms with van der Waals surface area (Å²) in [5.74, 6) is -1.37. The van der Waals surface area contributed by atoms with E-state index >= 15 is 0 Å². The van der Waals surface area contributed by atoms with Crippen molar-refractivity contribution < 1.29 is 9.90 Å². The summed E-state index contributed by atoms with van der Waals surface area (Å²) in [6, 6.07) is 0. The van der Waals surface area contributed by atoms with Gasteiger partial charge in [-0.05, 0) is 0 Å². The molecule has 0 rings (SSSR count). The van der Waals surface area contributed by atoms with Gasteiger partial charge in [-0.2, -0.15) is 12.6 Å². The zero-order valence-electron chi connectivity index (χ0n) is 5.50. The molecule has 0 unspecified atom stereocenters. The van der Waals surface area contributed by atoms with Gasteiger partial charge in [0.2, 0.25) is 5.00 Å². The molecule has 0 aromatic heterocycles. The van der Waals surface area contributed by atoms with Crippen LogP contribution in [-0.4, -0.2) is 26.2 Å². The second-order valence-corrected chi connectivity index (χ2v) is 3.02. The van der Waals surface area contributed by atoms with E-state index in [0.717, 1.165) is 10.6 Å². The molecule has 6 heteroatoms. The number of thiol groups is 1. The van der Waals surface area contributed by atoms with E-state index in [-0.39, 0.29) is 5.75 Å². The first-order chi connectivity index (χ1) is 4.99. The molecule has 0 heterocycles. The molecule has 64 valence electrons. The molecule has 0 aromatic rings. The smallest absolute Gasteiger partial charge is 0.347 e. The number of halogens is 2. The monoisotopic (exact) mass is 215 g/mol. The number of carboxylic acid groups (broad SMARTS) is 1. The fourth-order valence-electron chi connectivity index (χ4n) is 0.371. The lowest BCUT2D eigenvalue weighted by molar-refractivity contribution is -0.142. The number of carboxylic acids is 1. The van der Waals surface area contributed by atoms with Crippen molar-refractivity contribution in [2.75, 3.05) is 5.75 Å². The second-order valence-electron chi connectivity index (χ2n) is 1.72. The average molecular weight is 216 g/mol. The fourth-order valence-corrected chi connectivity index (χ4v) is 0.943. The summed E-state index contributed by atoms with van der Waals surface area (Å²) >= 11 is 14.7. The third-order valence-corrected chi connectivity index (χ3v) is 2.67. The molecule has 0 aromatic carbocycles. The Morgan fingerprint density at radius 3 is 2.45 bits per heavy atom. The Bertz CT molecular complexity index is 178. The van der Waals surface area contributed by atoms with Gasteiger partial charge in [-0.3, -0.25) is 4.42 Å². The fraction of sp³-hybridized carbons (Fsp3) is 0.400. The maximum absolute atomic E-state index is 10.5. The first kappa shape index (κ1) is 10.9. The zero-order chi connectivity index (χ0) is 9.07. The quantitative estimate of drug-likeness (QED) is 0.324. The Hall–Kier alpha value is -0.0600. The Labute approximate surface area is 80.1 Å². The molecule has 0 spiro atoms. The van der Waals surface area contributed by atoms with Crippen LogP contribution in [0.4, 0.5) is 0 Å². The highest BCUT2D eigenvalue weighted by Crippen LogP contribution is 2.25. The van der Waals surface area contributed by atoms with Crippen LogP contribution in [0.1, 0.15) is 0 Å². The number of rotatable bonds is 4. The molecule has 11 heavy (non-hydrogen) atoms. The SMILES string of the molecule is C=CN(Cl)[C@@](Cl)(CS)C(=O)O. The molecule has 0 aliphatic carbocycles. The standard InChI is InChI=1S/C5H7Cl2NO2S/c1-2-8(7)5(6,3-11)4(9)10/h2,11H,1,3H2,(H,9,10)/t5-/m0/s1. The highest BCUT2D eigenvalue weighted by Gasteiger charge is 2.39. The molecule has 0 aliphatic heterocycles. The predicted molar refractivity (Wildman–Crippen MR) is 48.0 cm³/mol. The normalized spacial score (nSPS) is 15.2. The van der Waals surface area contributed by atoms with E-state index < -0.39 is 11.0 Å². The topological polar surface area (TPSA) is 40.5 Å². The van der Waals surface area contributed by atoms with Gasteiger partial charge in [0.25, 0.3) is 0 Å². The third kappa shape index (κ3) is 2.18. The molecule has 3 nitrogen and oxygen atoms in total. The summed E-state index contributed by atoms with van der Waals surface area (Å²) < 4.78 is 0.768. The lowest BCUT2D eigenvalue weighted by Crippen LogP contribution is -2.44. The number of nitrogens with zero attached hydrogens (tertiary/aromatic N) is 1. The van der Waals surface area contributed by atoms with Crippen LogP contribution in [-0.2, 0) is 4.79 Å². The Morgan fingerprint density at radius 2 is 2.36 bits per heavy atom. The third-order valence-electron chi connectivity index (χ3n) is 1.04. The highest BCUT2D eigenvalue weighted by atomic mass is 35.5. The van der Waals surface area contributed by atoms with Crippen molar-refractivity contribution in [2.45, 2.75) is 5.00 Å². The molecule has 0 saturated heterocycles. The molecule has 0 radical (unpaired) electrons. The van der Waals surface area contributed by atoms with Crippen LogP contribution in [0.3, 0.4) is 0 Å². The van der Waals surface area contributed by atoms with Crippen LogP contribution in [0.15, 0.2) is 12.8 Å². The Kier molecular flexibility index (Phi) is 4.07. The van der Waals surface area contributed by atoms with Crippen molar-refractivity contribution in [3.63, 3.8) is 0 Å². The van der Waals surface area contributed by atoms with Crippen molar-refractivity contribution in [3.8, 4) is 0 Å². The van der Waals surface area contributed by atoms with E-state index in [4.69, 9.17) is 28.5 Å². The largest absolute Gasteiger partial charge is 0.479 e. The minimum atomic E-state index is -1.72. The molecule has 0 fully saturated rings. The van der Waals surface area contributed by atoms with Gasteiger partial charge in [0, 0.05) is 23.7 Å². The highest BCUT2D eigenvalue weighted by molar-refractivity contribution is 7.80. The van der Waals surface area contributed by atoms with Crippen molar-refractivity contribution in [1.29, 1.82) is 0 Å². The van der Waals surface area contributed by atoms with Crippen LogP contribution in [0, 0.1) is 0 Å². The van der Waals surface area contributed by atoms with Crippen molar-refractivity contribution in [1.82, 2.24) is 4.42 Å². The summed E-state index contributed by atoms with van der Waals surface area (Å²) in [5, 5.41) is 8.58. The molecule has 0 aliphatic rings. The molecule has 1 N–H and O–H groups in total. The summed E-state index contributed by atoms with van der Waals surface area (Å²) in [7, 11) is 0. The zero-order valence-corrected chi connectivity index (χ0v) is 7.90. The van der Waals surface area contributed by atoms with Crippen LogP contribution in [0.25, 0.3) is 0 Å². The number of hydrogen-bond donors (Lipinski definition) is 2. The minimum absolute atomic E-state index is 0.112. The van der Waals surface area contributed by atoms with Crippen molar-refractivity contribution >= 4 is 42.0 Å². The number of hydrogen-bond acceptors (Lipinski definition) is 3. The first-order valence-corrected chi connectivity index (χ1v) is 3.94. The van der Waals surface area contributed by atoms with Gasteiger partial charge in [-0.25, -0.2) is 4.79 Å². The molecule has 1 atom stereocenters. The maximum Gasteiger partial charge on any atom is 0.347 e. The summed E-state index contributed by atoms with van der Waals surface area (Å²) in [5.41, 5.74) is 0. The number of alkyl halides is 1. The lowest BCUT2D eigenvalue weighted by Gasteiger charge is -2.26. The van der Waals surface area contributed by atoms with Crippen molar-refractivity contribution in [2.24, 2.45) is 0 Å². The molecular weight excluding hydrogens is 209 g/mol. The Balaban J connectivity index is 4.58. The minimum Gasteiger partial charge on any atom is -0.479 e. The van der Waals surface area contributed by atoms with E-state index in [1.54, 1.807) is 0 Å². The number of aliphatic carboxylic acids is 1. The summed E-state index contributed by atoms with van der Waals surface area (Å²) in [6.07, 6.45) is 1.11. The van der Waals surface area contributed by atoms with Gasteiger partial charge < -0.3 is 5.11 Å². The molecule has 0 bridgehead atoms. The van der Waals surface area contributed by atoms with Crippen LogP contribution >= 0.6 is 36.0 Å². The lowest BCUT2D eigenvalue weighted by atomic mass is 10.3. The Morgan fingerprint density at radius 1 is 1.91 bits per heavy atom. The van der Waals surface area contributed by atoms with E-state index in [2.05, 4.69) is 19.2 Å². The van der Waals surface area contributed by atoms with Crippen LogP contribution in [0.5, 0.6) is 0 Å². The van der Waals surface area contributed by atoms with Gasteiger partial charge in [0.15, 0.2) is 0 Å². The average Bonchev–Trinajstić information content (AvgIpc) is 2.01. The van der Waals surface area contributed by atoms with Gasteiger partial charge in [0.1, 0.15) is 0 Å². The predicted octanol–water partition coefficient (Wildman–Crippen LogP) is 1.54. The summed E-state index contributed by atoms with van der Waals surface area (Å²) in [4.78, 5) is 8.78. The van der Waals surface area contributed by atoms with Crippen LogP contribution < -0.4 is 0 Å². The van der Waals surface area contributed by atoms with E-state index in [1.165, 1.54) is 0 Å². The molecule has 0 saturated carbocycles. The van der Waals surface area contributed by atoms with E-state index in [9.17, 15) is 4.79 Å². The van der Waals surface area contributed by atoms with Gasteiger partial charge in [-0.15, -0.1) is 0 Å². The maximum atomic E-state index is 10.5. The molecular formula is C5H7Cl2NO2S. The number of carbonyl (C=O) groups is 1. The summed E-state index contributed by atoms with van der Waals surface area (Å²) in [6.45, 7) is 3.27. The van der Waals surface area contributed by atoms with Gasteiger partial charge in [0.05, 0.1) is 0 Å². The molecule has 0 amide bonds. The first-order valence-electron chi connectivity index (χ1n) is 2.60. The van der Waals surface area contributed by atoms with Crippen molar-refractivity contribution in [3.05, 3.63) is 12.8 Å². The van der Waals surface area contributed by atoms with Crippen LogP contribution in [0.2, 0.25) is 0 Å². The second kappa shape index (κ2) is 4.09. The van der Waals surface area contributed by atoms with Gasteiger partial charge >= 0.3 is 5.97 Å². The van der Waals surface area contributed by atoms with E-state index in [1.807, 2.05) is 0 Å².